The minimum absolute atomic E-state index is 0.241. The van der Waals surface area contributed by atoms with Gasteiger partial charge in [-0.3, -0.25) is 5.41 Å². The van der Waals surface area contributed by atoms with E-state index in [1.807, 2.05) is 20.0 Å². The van der Waals surface area contributed by atoms with Gasteiger partial charge in [0.2, 0.25) is 0 Å². The lowest BCUT2D eigenvalue weighted by Gasteiger charge is -2.15. The SMILES string of the molecule is C=C1C=CN(Cc2ccc(F)cc2)C1=N.CC. The third-order valence-corrected chi connectivity index (χ3v) is 2.31. The standard InChI is InChI=1S/C12H11FN2.C2H6/c1-9-6-7-15(12(9)14)8-10-2-4-11(13)5-3-10;1-2/h2-7,14H,1,8H2;1-2H3. The van der Waals surface area contributed by atoms with Crippen LogP contribution >= 0.6 is 0 Å². The van der Waals surface area contributed by atoms with Crippen molar-refractivity contribution < 1.29 is 4.39 Å². The first-order chi connectivity index (χ1) is 8.16. The molecular formula is C14H17FN2. The van der Waals surface area contributed by atoms with E-state index in [9.17, 15) is 4.39 Å². The molecule has 0 unspecified atom stereocenters. The summed E-state index contributed by atoms with van der Waals surface area (Å²) in [6, 6.07) is 6.29. The normalized spacial score (nSPS) is 13.7. The lowest BCUT2D eigenvalue weighted by Crippen LogP contribution is -2.20. The van der Waals surface area contributed by atoms with Crippen LogP contribution in [0.2, 0.25) is 0 Å². The molecule has 1 aromatic rings. The zero-order chi connectivity index (χ0) is 12.8. The van der Waals surface area contributed by atoms with Gasteiger partial charge in [0.15, 0.2) is 0 Å². The molecule has 0 bridgehead atoms. The summed E-state index contributed by atoms with van der Waals surface area (Å²) in [6.45, 7) is 8.31. The Hall–Kier alpha value is -1.90. The maximum Gasteiger partial charge on any atom is 0.131 e. The van der Waals surface area contributed by atoms with Crippen molar-refractivity contribution in [3.63, 3.8) is 0 Å². The Morgan fingerprint density at radius 3 is 2.29 bits per heavy atom. The van der Waals surface area contributed by atoms with E-state index < -0.39 is 0 Å². The molecule has 0 radical (unpaired) electrons. The third-order valence-electron chi connectivity index (χ3n) is 2.31. The lowest BCUT2D eigenvalue weighted by atomic mass is 10.2. The van der Waals surface area contributed by atoms with Crippen molar-refractivity contribution in [2.24, 2.45) is 0 Å². The predicted octanol–water partition coefficient (Wildman–Crippen LogP) is 3.71. The van der Waals surface area contributed by atoms with Crippen LogP contribution in [0.5, 0.6) is 0 Å². The molecule has 0 atom stereocenters. The molecule has 0 spiro atoms. The van der Waals surface area contributed by atoms with E-state index in [4.69, 9.17) is 5.41 Å². The van der Waals surface area contributed by atoms with E-state index in [0.29, 0.717) is 18.0 Å². The monoisotopic (exact) mass is 232 g/mol. The number of hydrogen-bond acceptors (Lipinski definition) is 1. The van der Waals surface area contributed by atoms with Crippen LogP contribution in [0, 0.1) is 11.2 Å². The first-order valence-corrected chi connectivity index (χ1v) is 5.64. The fourth-order valence-electron chi connectivity index (χ4n) is 1.44. The quantitative estimate of drug-likeness (QED) is 0.826. The van der Waals surface area contributed by atoms with Crippen molar-refractivity contribution >= 4 is 5.84 Å². The highest BCUT2D eigenvalue weighted by molar-refractivity contribution is 6.00. The Morgan fingerprint density at radius 1 is 1.24 bits per heavy atom. The number of nitrogens with zero attached hydrogens (tertiary/aromatic N) is 1. The summed E-state index contributed by atoms with van der Waals surface area (Å²) in [6.07, 6.45) is 3.61. The summed E-state index contributed by atoms with van der Waals surface area (Å²) in [5, 5.41) is 7.69. The van der Waals surface area contributed by atoms with Crippen LogP contribution in [0.25, 0.3) is 0 Å². The summed E-state index contributed by atoms with van der Waals surface area (Å²) >= 11 is 0. The summed E-state index contributed by atoms with van der Waals surface area (Å²) in [4.78, 5) is 1.77. The van der Waals surface area contributed by atoms with Gasteiger partial charge in [-0.2, -0.15) is 0 Å². The van der Waals surface area contributed by atoms with Crippen LogP contribution in [-0.2, 0) is 6.54 Å². The first-order valence-electron chi connectivity index (χ1n) is 5.64. The maximum atomic E-state index is 12.7. The van der Waals surface area contributed by atoms with E-state index in [2.05, 4.69) is 6.58 Å². The predicted molar refractivity (Wildman–Crippen MR) is 69.3 cm³/mol. The van der Waals surface area contributed by atoms with Crippen LogP contribution in [-0.4, -0.2) is 10.7 Å². The highest BCUT2D eigenvalue weighted by Gasteiger charge is 2.14. The zero-order valence-electron chi connectivity index (χ0n) is 10.2. The van der Waals surface area contributed by atoms with E-state index in [-0.39, 0.29) is 5.82 Å². The number of benzene rings is 1. The third kappa shape index (κ3) is 3.28. The highest BCUT2D eigenvalue weighted by atomic mass is 19.1. The van der Waals surface area contributed by atoms with Crippen LogP contribution in [0.3, 0.4) is 0 Å². The Balaban J connectivity index is 0.000000686. The number of rotatable bonds is 2. The molecule has 3 heteroatoms. The summed E-state index contributed by atoms with van der Waals surface area (Å²) < 4.78 is 12.7. The molecule has 0 aliphatic carbocycles. The smallest absolute Gasteiger partial charge is 0.131 e. The topological polar surface area (TPSA) is 27.1 Å². The zero-order valence-corrected chi connectivity index (χ0v) is 10.2. The van der Waals surface area contributed by atoms with E-state index in [1.54, 1.807) is 23.1 Å². The molecule has 1 aliphatic rings. The second kappa shape index (κ2) is 5.99. The molecule has 0 aromatic heterocycles. The van der Waals surface area contributed by atoms with Crippen molar-refractivity contribution in [3.8, 4) is 0 Å². The van der Waals surface area contributed by atoms with Crippen LogP contribution < -0.4 is 0 Å². The molecule has 0 saturated carbocycles. The van der Waals surface area contributed by atoms with Gasteiger partial charge < -0.3 is 4.90 Å². The minimum Gasteiger partial charge on any atom is -0.329 e. The van der Waals surface area contributed by atoms with Crippen molar-refractivity contribution in [2.75, 3.05) is 0 Å². The Bertz CT molecular complexity index is 432. The molecule has 2 rings (SSSR count). The fraction of sp³-hybridized carbons (Fsp3) is 0.214. The van der Waals surface area contributed by atoms with Gasteiger partial charge in [0.05, 0.1) is 0 Å². The van der Waals surface area contributed by atoms with Gasteiger partial charge in [0, 0.05) is 18.3 Å². The van der Waals surface area contributed by atoms with Gasteiger partial charge >= 0.3 is 0 Å². The molecular weight excluding hydrogens is 215 g/mol. The van der Waals surface area contributed by atoms with Gasteiger partial charge in [0.1, 0.15) is 11.7 Å². The molecule has 2 nitrogen and oxygen atoms in total. The molecule has 90 valence electrons. The average molecular weight is 232 g/mol. The van der Waals surface area contributed by atoms with E-state index in [1.165, 1.54) is 12.1 Å². The van der Waals surface area contributed by atoms with Crippen molar-refractivity contribution in [2.45, 2.75) is 20.4 Å². The number of halogens is 1. The Labute approximate surface area is 102 Å². The van der Waals surface area contributed by atoms with Gasteiger partial charge in [0.25, 0.3) is 0 Å². The summed E-state index contributed by atoms with van der Waals surface area (Å²) in [5.74, 6) is 0.162. The molecule has 0 fully saturated rings. The summed E-state index contributed by atoms with van der Waals surface area (Å²) in [5.41, 5.74) is 1.68. The largest absolute Gasteiger partial charge is 0.329 e. The van der Waals surface area contributed by atoms with Crippen LogP contribution in [0.1, 0.15) is 19.4 Å². The number of amidine groups is 1. The maximum absolute atomic E-state index is 12.7. The van der Waals surface area contributed by atoms with Gasteiger partial charge in [-0.15, -0.1) is 0 Å². The van der Waals surface area contributed by atoms with Crippen molar-refractivity contribution in [1.82, 2.24) is 4.90 Å². The molecule has 0 saturated heterocycles. The van der Waals surface area contributed by atoms with E-state index in [0.717, 1.165) is 5.56 Å². The number of hydrogen-bond donors (Lipinski definition) is 1. The fourth-order valence-corrected chi connectivity index (χ4v) is 1.44. The van der Waals surface area contributed by atoms with Crippen molar-refractivity contribution in [1.29, 1.82) is 5.41 Å². The van der Waals surface area contributed by atoms with Crippen LogP contribution in [0.15, 0.2) is 48.7 Å². The second-order valence-electron chi connectivity index (χ2n) is 3.44. The Kier molecular flexibility index (Phi) is 4.64. The van der Waals surface area contributed by atoms with Gasteiger partial charge in [-0.1, -0.05) is 32.6 Å². The Morgan fingerprint density at radius 2 is 1.82 bits per heavy atom. The second-order valence-corrected chi connectivity index (χ2v) is 3.44. The molecule has 17 heavy (non-hydrogen) atoms. The molecule has 1 aliphatic heterocycles. The number of nitrogens with one attached hydrogen (secondary N) is 1. The molecule has 1 heterocycles. The van der Waals surface area contributed by atoms with Crippen molar-refractivity contribution in [3.05, 3.63) is 60.1 Å². The highest BCUT2D eigenvalue weighted by Crippen LogP contribution is 2.15. The summed E-state index contributed by atoms with van der Waals surface area (Å²) in [7, 11) is 0. The molecule has 0 amide bonds. The van der Waals surface area contributed by atoms with Gasteiger partial charge in [-0.05, 0) is 23.8 Å². The molecule has 1 aromatic carbocycles. The van der Waals surface area contributed by atoms with E-state index >= 15 is 0 Å². The first kappa shape index (κ1) is 13.2. The molecule has 1 N–H and O–H groups in total. The van der Waals surface area contributed by atoms with Gasteiger partial charge in [-0.25, -0.2) is 4.39 Å². The minimum atomic E-state index is -0.241. The average Bonchev–Trinajstić information content (AvgIpc) is 2.67. The van der Waals surface area contributed by atoms with Crippen LogP contribution in [0.4, 0.5) is 4.39 Å². The lowest BCUT2D eigenvalue weighted by molar-refractivity contribution is 0.558.